The predicted octanol–water partition coefficient (Wildman–Crippen LogP) is 1.06. The van der Waals surface area contributed by atoms with Crippen molar-refractivity contribution in [3.63, 3.8) is 0 Å². The number of carboxylic acid groups (broad SMARTS) is 1. The summed E-state index contributed by atoms with van der Waals surface area (Å²) in [5.74, 6) is -0.777. The maximum absolute atomic E-state index is 11.6. The van der Waals surface area contributed by atoms with Crippen LogP contribution in [0.3, 0.4) is 0 Å². The monoisotopic (exact) mass is 258 g/mol. The first-order valence-electron chi connectivity index (χ1n) is 6.21. The summed E-state index contributed by atoms with van der Waals surface area (Å²) >= 11 is 0. The zero-order valence-electron chi connectivity index (χ0n) is 11.2. The van der Waals surface area contributed by atoms with Crippen LogP contribution in [0.2, 0.25) is 0 Å². The molecule has 0 aromatic carbocycles. The van der Waals surface area contributed by atoms with E-state index >= 15 is 0 Å². The van der Waals surface area contributed by atoms with Gasteiger partial charge in [0.1, 0.15) is 5.60 Å². The predicted molar refractivity (Wildman–Crippen MR) is 66.5 cm³/mol. The molecule has 18 heavy (non-hydrogen) atoms. The van der Waals surface area contributed by atoms with Gasteiger partial charge >= 0.3 is 12.1 Å². The van der Waals surface area contributed by atoms with Gasteiger partial charge in [0.15, 0.2) is 0 Å². The maximum atomic E-state index is 11.6. The van der Waals surface area contributed by atoms with Gasteiger partial charge in [0, 0.05) is 25.6 Å². The summed E-state index contributed by atoms with van der Waals surface area (Å²) in [6, 6.07) is 0.256. The normalized spacial score (nSPS) is 16.3. The molecule has 0 aliphatic carbocycles. The second-order valence-electron chi connectivity index (χ2n) is 5.53. The number of aliphatic carboxylic acids is 1. The molecule has 1 aliphatic rings. The van der Waals surface area contributed by atoms with E-state index in [1.165, 1.54) is 0 Å². The van der Waals surface area contributed by atoms with Crippen LogP contribution in [0.1, 0.15) is 33.6 Å². The molecule has 0 spiro atoms. The Balaban J connectivity index is 2.09. The van der Waals surface area contributed by atoms with Crippen LogP contribution in [0.4, 0.5) is 4.79 Å². The summed E-state index contributed by atoms with van der Waals surface area (Å²) in [7, 11) is 0. The standard InChI is InChI=1S/C12H22N2O4/c1-12(2,3)18-11(17)14-7-9(8-14)13-6-4-5-10(15)16/h9,13H,4-8H2,1-3H3,(H,15,16). The van der Waals surface area contributed by atoms with Crippen LogP contribution in [0.5, 0.6) is 0 Å². The fourth-order valence-electron chi connectivity index (χ4n) is 1.63. The number of nitrogens with one attached hydrogen (secondary N) is 1. The Bertz CT molecular complexity index is 306. The number of carboxylic acids is 1. The van der Waals surface area contributed by atoms with Crippen molar-refractivity contribution in [1.29, 1.82) is 0 Å². The average Bonchev–Trinajstić information content (AvgIpc) is 2.10. The Morgan fingerprint density at radius 3 is 2.50 bits per heavy atom. The summed E-state index contributed by atoms with van der Waals surface area (Å²) in [6.07, 6.45) is 0.499. The van der Waals surface area contributed by atoms with E-state index in [0.717, 1.165) is 0 Å². The van der Waals surface area contributed by atoms with E-state index < -0.39 is 11.6 Å². The molecule has 0 aromatic heterocycles. The molecule has 0 atom stereocenters. The van der Waals surface area contributed by atoms with Crippen molar-refractivity contribution >= 4 is 12.1 Å². The van der Waals surface area contributed by atoms with E-state index in [-0.39, 0.29) is 18.6 Å². The summed E-state index contributed by atoms with van der Waals surface area (Å²) in [6.45, 7) is 7.44. The third-order valence-corrected chi connectivity index (χ3v) is 2.53. The lowest BCUT2D eigenvalue weighted by Gasteiger charge is -2.40. The second-order valence-corrected chi connectivity index (χ2v) is 5.53. The van der Waals surface area contributed by atoms with Crippen LogP contribution in [0, 0.1) is 0 Å². The van der Waals surface area contributed by atoms with Crippen LogP contribution in [-0.2, 0) is 9.53 Å². The summed E-state index contributed by atoms with van der Waals surface area (Å²) in [5.41, 5.74) is -0.461. The van der Waals surface area contributed by atoms with Crippen molar-refractivity contribution in [2.75, 3.05) is 19.6 Å². The molecule has 2 N–H and O–H groups in total. The molecule has 1 amide bonds. The highest BCUT2D eigenvalue weighted by Gasteiger charge is 2.33. The molecule has 1 aliphatic heterocycles. The smallest absolute Gasteiger partial charge is 0.410 e. The van der Waals surface area contributed by atoms with E-state index in [9.17, 15) is 9.59 Å². The Morgan fingerprint density at radius 2 is 2.00 bits per heavy atom. The molecule has 0 aromatic rings. The Hall–Kier alpha value is -1.30. The van der Waals surface area contributed by atoms with Crippen molar-refractivity contribution in [1.82, 2.24) is 10.2 Å². The SMILES string of the molecule is CC(C)(C)OC(=O)N1CC(NCCCC(=O)O)C1. The van der Waals surface area contributed by atoms with Gasteiger partial charge in [-0.05, 0) is 33.7 Å². The van der Waals surface area contributed by atoms with Gasteiger partial charge in [-0.15, -0.1) is 0 Å². The van der Waals surface area contributed by atoms with Gasteiger partial charge in [-0.25, -0.2) is 4.79 Å². The van der Waals surface area contributed by atoms with Crippen LogP contribution in [-0.4, -0.2) is 53.3 Å². The summed E-state index contributed by atoms with van der Waals surface area (Å²) in [4.78, 5) is 23.5. The van der Waals surface area contributed by atoms with Gasteiger partial charge in [0.2, 0.25) is 0 Å². The Morgan fingerprint density at radius 1 is 1.39 bits per heavy atom. The number of carbonyl (C=O) groups excluding carboxylic acids is 1. The van der Waals surface area contributed by atoms with Gasteiger partial charge in [0.25, 0.3) is 0 Å². The van der Waals surface area contributed by atoms with Gasteiger partial charge < -0.3 is 20.1 Å². The topological polar surface area (TPSA) is 78.9 Å². The van der Waals surface area contributed by atoms with E-state index in [1.807, 2.05) is 20.8 Å². The second kappa shape index (κ2) is 6.04. The molecule has 6 nitrogen and oxygen atoms in total. The minimum absolute atomic E-state index is 0.176. The number of ether oxygens (including phenoxy) is 1. The van der Waals surface area contributed by atoms with Gasteiger partial charge in [-0.2, -0.15) is 0 Å². The molecular weight excluding hydrogens is 236 g/mol. The number of hydrogen-bond acceptors (Lipinski definition) is 4. The first-order valence-corrected chi connectivity index (χ1v) is 6.21. The Labute approximate surface area is 107 Å². The lowest BCUT2D eigenvalue weighted by Crippen LogP contribution is -2.60. The van der Waals surface area contributed by atoms with Gasteiger partial charge in [-0.1, -0.05) is 0 Å². The Kier molecular flexibility index (Phi) is 4.95. The molecule has 1 rings (SSSR count). The van der Waals surface area contributed by atoms with Crippen molar-refractivity contribution < 1.29 is 19.4 Å². The number of carbonyl (C=O) groups is 2. The maximum Gasteiger partial charge on any atom is 0.410 e. The minimum atomic E-state index is -0.777. The number of hydrogen-bond donors (Lipinski definition) is 2. The number of nitrogens with zero attached hydrogens (tertiary/aromatic N) is 1. The highest BCUT2D eigenvalue weighted by molar-refractivity contribution is 5.69. The molecule has 1 fully saturated rings. The van der Waals surface area contributed by atoms with Crippen LogP contribution in [0.15, 0.2) is 0 Å². The quantitative estimate of drug-likeness (QED) is 0.721. The van der Waals surface area contributed by atoms with Crippen molar-refractivity contribution in [2.24, 2.45) is 0 Å². The molecule has 0 radical (unpaired) electrons. The van der Waals surface area contributed by atoms with Crippen LogP contribution in [0.25, 0.3) is 0 Å². The van der Waals surface area contributed by atoms with Gasteiger partial charge in [0.05, 0.1) is 0 Å². The number of amides is 1. The van der Waals surface area contributed by atoms with Crippen LogP contribution < -0.4 is 5.32 Å². The van der Waals surface area contributed by atoms with E-state index in [4.69, 9.17) is 9.84 Å². The molecule has 1 saturated heterocycles. The molecule has 0 bridgehead atoms. The first kappa shape index (κ1) is 14.8. The lowest BCUT2D eigenvalue weighted by molar-refractivity contribution is -0.137. The molecular formula is C12H22N2O4. The van der Waals surface area contributed by atoms with Crippen molar-refractivity contribution in [2.45, 2.75) is 45.3 Å². The zero-order chi connectivity index (χ0) is 13.8. The molecule has 104 valence electrons. The molecule has 6 heteroatoms. The average molecular weight is 258 g/mol. The highest BCUT2D eigenvalue weighted by Crippen LogP contribution is 2.15. The van der Waals surface area contributed by atoms with Crippen LogP contribution >= 0.6 is 0 Å². The fourth-order valence-corrected chi connectivity index (χ4v) is 1.63. The highest BCUT2D eigenvalue weighted by atomic mass is 16.6. The summed E-state index contributed by atoms with van der Waals surface area (Å²) < 4.78 is 5.23. The fraction of sp³-hybridized carbons (Fsp3) is 0.833. The minimum Gasteiger partial charge on any atom is -0.481 e. The first-order chi connectivity index (χ1) is 8.28. The summed E-state index contributed by atoms with van der Waals surface area (Å²) in [5, 5.41) is 11.7. The van der Waals surface area contributed by atoms with Crippen molar-refractivity contribution in [3.05, 3.63) is 0 Å². The lowest BCUT2D eigenvalue weighted by atomic mass is 10.1. The van der Waals surface area contributed by atoms with E-state index in [2.05, 4.69) is 5.32 Å². The zero-order valence-corrected chi connectivity index (χ0v) is 11.2. The van der Waals surface area contributed by atoms with E-state index in [1.54, 1.807) is 4.90 Å². The largest absolute Gasteiger partial charge is 0.481 e. The number of likely N-dealkylation sites (tertiary alicyclic amines) is 1. The number of rotatable bonds is 5. The van der Waals surface area contributed by atoms with E-state index in [0.29, 0.717) is 26.1 Å². The van der Waals surface area contributed by atoms with Gasteiger partial charge in [-0.3, -0.25) is 4.79 Å². The third-order valence-electron chi connectivity index (χ3n) is 2.53. The molecule has 0 unspecified atom stereocenters. The third kappa shape index (κ3) is 5.35. The van der Waals surface area contributed by atoms with Crippen molar-refractivity contribution in [3.8, 4) is 0 Å². The molecule has 1 heterocycles. The molecule has 0 saturated carbocycles.